The second-order valence-electron chi connectivity index (χ2n) is 6.49. The summed E-state index contributed by atoms with van der Waals surface area (Å²) >= 11 is 4.52. The molecule has 1 N–H and O–H groups in total. The maximum atomic E-state index is 12.0. The largest absolute Gasteiger partial charge is 0.272 e. The van der Waals surface area contributed by atoms with Crippen LogP contribution in [0.2, 0.25) is 0 Å². The van der Waals surface area contributed by atoms with Crippen LogP contribution in [0.3, 0.4) is 0 Å². The van der Waals surface area contributed by atoms with Crippen molar-refractivity contribution in [3.8, 4) is 0 Å². The van der Waals surface area contributed by atoms with Gasteiger partial charge in [0.15, 0.2) is 8.68 Å². The standard InChI is InChI=1S/C22H22N4OS3/c1-16-8-10-19(11-9-16)14-28-21-25-26-22(30-21)29-15-20(27)24-23-13-17(2)12-18-6-4-3-5-7-18/h3-13H,14-15H2,1-2H3,(H,24,27)/b17-12+,23-13-. The van der Waals surface area contributed by atoms with Crippen LogP contribution in [0.4, 0.5) is 0 Å². The second-order valence-corrected chi connectivity index (χ2v) is 9.91. The van der Waals surface area contributed by atoms with E-state index in [9.17, 15) is 4.79 Å². The fraction of sp³-hybridized carbons (Fsp3) is 0.182. The van der Waals surface area contributed by atoms with Crippen molar-refractivity contribution in [2.45, 2.75) is 28.3 Å². The van der Waals surface area contributed by atoms with Crippen LogP contribution in [0.5, 0.6) is 0 Å². The van der Waals surface area contributed by atoms with Gasteiger partial charge in [0.2, 0.25) is 0 Å². The third-order valence-electron chi connectivity index (χ3n) is 3.85. The molecule has 1 amide bonds. The van der Waals surface area contributed by atoms with Gasteiger partial charge in [-0.1, -0.05) is 101 Å². The average Bonchev–Trinajstić information content (AvgIpc) is 3.20. The van der Waals surface area contributed by atoms with Crippen molar-refractivity contribution in [1.82, 2.24) is 15.6 Å². The lowest BCUT2D eigenvalue weighted by atomic mass is 10.1. The van der Waals surface area contributed by atoms with Crippen LogP contribution in [-0.4, -0.2) is 28.1 Å². The molecule has 1 heterocycles. The zero-order valence-electron chi connectivity index (χ0n) is 16.7. The highest BCUT2D eigenvalue weighted by Crippen LogP contribution is 2.30. The van der Waals surface area contributed by atoms with Crippen LogP contribution in [-0.2, 0) is 10.5 Å². The maximum Gasteiger partial charge on any atom is 0.250 e. The first-order valence-electron chi connectivity index (χ1n) is 9.28. The van der Waals surface area contributed by atoms with Crippen molar-refractivity contribution >= 4 is 53.1 Å². The number of nitrogens with zero attached hydrogens (tertiary/aromatic N) is 3. The zero-order chi connectivity index (χ0) is 21.2. The van der Waals surface area contributed by atoms with Crippen molar-refractivity contribution in [3.63, 3.8) is 0 Å². The van der Waals surface area contributed by atoms with E-state index in [1.54, 1.807) is 18.0 Å². The van der Waals surface area contributed by atoms with Crippen molar-refractivity contribution < 1.29 is 4.79 Å². The summed E-state index contributed by atoms with van der Waals surface area (Å²) in [5.74, 6) is 0.925. The Morgan fingerprint density at radius 1 is 1.07 bits per heavy atom. The van der Waals surface area contributed by atoms with Gasteiger partial charge in [0, 0.05) is 5.75 Å². The summed E-state index contributed by atoms with van der Waals surface area (Å²) in [4.78, 5) is 12.0. The molecule has 1 aromatic heterocycles. The Morgan fingerprint density at radius 2 is 1.77 bits per heavy atom. The Labute approximate surface area is 189 Å². The molecule has 0 unspecified atom stereocenters. The Kier molecular flexibility index (Phi) is 8.67. The van der Waals surface area contributed by atoms with Crippen molar-refractivity contribution in [3.05, 3.63) is 76.9 Å². The number of hydrogen-bond donors (Lipinski definition) is 1. The minimum Gasteiger partial charge on any atom is -0.272 e. The summed E-state index contributed by atoms with van der Waals surface area (Å²) < 4.78 is 1.68. The topological polar surface area (TPSA) is 67.2 Å². The van der Waals surface area contributed by atoms with Gasteiger partial charge in [-0.05, 0) is 30.5 Å². The van der Waals surface area contributed by atoms with Crippen molar-refractivity contribution in [2.24, 2.45) is 5.10 Å². The number of thioether (sulfide) groups is 2. The molecule has 8 heteroatoms. The summed E-state index contributed by atoms with van der Waals surface area (Å²) in [6.07, 6.45) is 3.64. The second kappa shape index (κ2) is 11.7. The summed E-state index contributed by atoms with van der Waals surface area (Å²) in [5.41, 5.74) is 7.10. The lowest BCUT2D eigenvalue weighted by molar-refractivity contribution is -0.118. The number of carbonyl (C=O) groups excluding carboxylic acids is 1. The number of amides is 1. The fourth-order valence-electron chi connectivity index (χ4n) is 2.36. The number of allylic oxidation sites excluding steroid dienone is 1. The molecular formula is C22H22N4OS3. The molecule has 30 heavy (non-hydrogen) atoms. The molecule has 0 fully saturated rings. The Morgan fingerprint density at radius 3 is 2.50 bits per heavy atom. The van der Waals surface area contributed by atoms with E-state index in [1.165, 1.54) is 34.2 Å². The molecule has 0 saturated carbocycles. The van der Waals surface area contributed by atoms with Gasteiger partial charge in [-0.2, -0.15) is 5.10 Å². The Bertz CT molecular complexity index is 1010. The number of hydrazone groups is 1. The Balaban J connectivity index is 1.39. The Hall–Kier alpha value is -2.42. The minimum absolute atomic E-state index is 0.173. The van der Waals surface area contributed by atoms with Crippen LogP contribution >= 0.6 is 34.9 Å². The predicted molar refractivity (Wildman–Crippen MR) is 128 cm³/mol. The highest BCUT2D eigenvalue weighted by molar-refractivity contribution is 8.03. The molecule has 2 aromatic carbocycles. The van der Waals surface area contributed by atoms with E-state index < -0.39 is 0 Å². The highest BCUT2D eigenvalue weighted by Gasteiger charge is 2.08. The molecule has 0 bridgehead atoms. The highest BCUT2D eigenvalue weighted by atomic mass is 32.2. The van der Waals surface area contributed by atoms with Crippen molar-refractivity contribution in [1.29, 1.82) is 0 Å². The lowest BCUT2D eigenvalue weighted by Crippen LogP contribution is -2.19. The summed E-state index contributed by atoms with van der Waals surface area (Å²) in [5, 5.41) is 12.4. The van der Waals surface area contributed by atoms with Gasteiger partial charge < -0.3 is 0 Å². The lowest BCUT2D eigenvalue weighted by Gasteiger charge is -1.99. The molecule has 5 nitrogen and oxygen atoms in total. The minimum atomic E-state index is -0.173. The van der Waals surface area contributed by atoms with Crippen LogP contribution in [0.1, 0.15) is 23.6 Å². The van der Waals surface area contributed by atoms with Gasteiger partial charge >= 0.3 is 0 Å². The summed E-state index contributed by atoms with van der Waals surface area (Å²) in [6.45, 7) is 4.02. The first-order chi connectivity index (χ1) is 14.6. The third kappa shape index (κ3) is 7.78. The molecule has 0 spiro atoms. The average molecular weight is 455 g/mol. The van der Waals surface area contributed by atoms with Gasteiger partial charge in [0.05, 0.1) is 12.0 Å². The number of benzene rings is 2. The van der Waals surface area contributed by atoms with Gasteiger partial charge in [-0.3, -0.25) is 4.79 Å². The molecule has 0 aliphatic heterocycles. The van der Waals surface area contributed by atoms with Crippen LogP contribution < -0.4 is 5.43 Å². The zero-order valence-corrected chi connectivity index (χ0v) is 19.2. The number of carbonyl (C=O) groups is 1. The number of nitrogens with one attached hydrogen (secondary N) is 1. The monoisotopic (exact) mass is 454 g/mol. The van der Waals surface area contributed by atoms with E-state index in [0.717, 1.165) is 25.6 Å². The van der Waals surface area contributed by atoms with Gasteiger partial charge in [-0.25, -0.2) is 5.43 Å². The van der Waals surface area contributed by atoms with Gasteiger partial charge in [0.25, 0.3) is 5.91 Å². The molecule has 0 aliphatic carbocycles. The normalized spacial score (nSPS) is 11.7. The summed E-state index contributed by atoms with van der Waals surface area (Å²) in [6, 6.07) is 18.4. The maximum absolute atomic E-state index is 12.0. The first-order valence-corrected chi connectivity index (χ1v) is 12.1. The first kappa shape index (κ1) is 22.3. The van der Waals surface area contributed by atoms with Gasteiger partial charge in [-0.15, -0.1) is 10.2 Å². The molecule has 3 aromatic rings. The molecule has 0 aliphatic rings. The number of aromatic nitrogens is 2. The van der Waals surface area contributed by atoms with Crippen LogP contribution in [0.25, 0.3) is 6.08 Å². The van der Waals surface area contributed by atoms with E-state index in [0.29, 0.717) is 0 Å². The van der Waals surface area contributed by atoms with E-state index in [2.05, 4.69) is 51.9 Å². The van der Waals surface area contributed by atoms with E-state index in [1.807, 2.05) is 43.3 Å². The smallest absolute Gasteiger partial charge is 0.250 e. The number of aryl methyl sites for hydroxylation is 1. The number of rotatable bonds is 9. The van der Waals surface area contributed by atoms with Crippen LogP contribution in [0, 0.1) is 6.92 Å². The van der Waals surface area contributed by atoms with Gasteiger partial charge in [0.1, 0.15) is 0 Å². The molecule has 0 saturated heterocycles. The quantitative estimate of drug-likeness (QED) is 0.265. The van der Waals surface area contributed by atoms with E-state index in [4.69, 9.17) is 0 Å². The SMILES string of the molecule is CC(/C=N\NC(=O)CSc1nnc(SCc2ccc(C)cc2)s1)=C\c1ccccc1. The van der Waals surface area contributed by atoms with Crippen molar-refractivity contribution in [2.75, 3.05) is 5.75 Å². The summed E-state index contributed by atoms with van der Waals surface area (Å²) in [7, 11) is 0. The number of hydrogen-bond acceptors (Lipinski definition) is 7. The molecule has 3 rings (SSSR count). The van der Waals surface area contributed by atoms with E-state index >= 15 is 0 Å². The predicted octanol–water partition coefficient (Wildman–Crippen LogP) is 5.44. The molecule has 0 radical (unpaired) electrons. The molecular weight excluding hydrogens is 432 g/mol. The fourth-order valence-corrected chi connectivity index (χ4v) is 5.13. The third-order valence-corrected chi connectivity index (χ3v) is 7.11. The molecule has 0 atom stereocenters. The molecule has 154 valence electrons. The van der Waals surface area contributed by atoms with E-state index in [-0.39, 0.29) is 11.7 Å². The van der Waals surface area contributed by atoms with Crippen LogP contribution in [0.15, 0.2) is 74.0 Å².